The molecule has 1 amide bonds. The van der Waals surface area contributed by atoms with Crippen LogP contribution in [0.1, 0.15) is 23.2 Å². The number of nitrogens with zero attached hydrogens (tertiary/aromatic N) is 1. The standard InChI is InChI=1S/C14H19N3O2/c1-17-9-7-12(8-10-17)15-16-14(18)11-3-5-13(19-2)6-4-11/h3-6H,7-10H2,1-2H3,(H,16,18)/p+1. The number of nitrogens with one attached hydrogen (secondary N) is 2. The van der Waals surface area contributed by atoms with E-state index in [1.807, 2.05) is 0 Å². The molecule has 0 radical (unpaired) electrons. The lowest BCUT2D eigenvalue weighted by molar-refractivity contribution is -0.880. The van der Waals surface area contributed by atoms with Crippen LogP contribution in [-0.2, 0) is 0 Å². The van der Waals surface area contributed by atoms with Gasteiger partial charge in [0.2, 0.25) is 0 Å². The Morgan fingerprint density at radius 2 is 1.89 bits per heavy atom. The van der Waals surface area contributed by atoms with E-state index in [0.717, 1.165) is 37.4 Å². The van der Waals surface area contributed by atoms with Crippen molar-refractivity contribution in [2.45, 2.75) is 12.8 Å². The van der Waals surface area contributed by atoms with Crippen LogP contribution < -0.4 is 15.1 Å². The zero-order valence-corrected chi connectivity index (χ0v) is 11.4. The van der Waals surface area contributed by atoms with Crippen molar-refractivity contribution in [2.75, 3.05) is 27.2 Å². The number of carbonyl (C=O) groups is 1. The Balaban J connectivity index is 1.91. The van der Waals surface area contributed by atoms with Crippen LogP contribution in [0.4, 0.5) is 0 Å². The van der Waals surface area contributed by atoms with Gasteiger partial charge in [-0.15, -0.1) is 0 Å². The van der Waals surface area contributed by atoms with Gasteiger partial charge in [0.15, 0.2) is 0 Å². The number of piperidine rings is 1. The summed E-state index contributed by atoms with van der Waals surface area (Å²) in [7, 11) is 3.77. The smallest absolute Gasteiger partial charge is 0.271 e. The van der Waals surface area contributed by atoms with Crippen molar-refractivity contribution in [1.29, 1.82) is 0 Å². The number of hydrazone groups is 1. The molecule has 0 aliphatic carbocycles. The van der Waals surface area contributed by atoms with Gasteiger partial charge in [-0.25, -0.2) is 5.43 Å². The second kappa shape index (κ2) is 6.33. The molecule has 1 aromatic carbocycles. The number of rotatable bonds is 3. The van der Waals surface area contributed by atoms with Crippen molar-refractivity contribution in [3.8, 4) is 5.75 Å². The normalized spacial score (nSPS) is 18.8. The summed E-state index contributed by atoms with van der Waals surface area (Å²) in [5, 5.41) is 4.21. The van der Waals surface area contributed by atoms with E-state index < -0.39 is 0 Å². The second-order valence-electron chi connectivity index (χ2n) is 4.80. The van der Waals surface area contributed by atoms with Crippen molar-refractivity contribution in [3.05, 3.63) is 29.8 Å². The third kappa shape index (κ3) is 3.79. The Morgan fingerprint density at radius 3 is 2.47 bits per heavy atom. The lowest BCUT2D eigenvalue weighted by atomic mass is 10.1. The van der Waals surface area contributed by atoms with Crippen LogP contribution in [0.25, 0.3) is 0 Å². The summed E-state index contributed by atoms with van der Waals surface area (Å²) in [5.41, 5.74) is 4.28. The zero-order chi connectivity index (χ0) is 13.7. The van der Waals surface area contributed by atoms with E-state index in [1.165, 1.54) is 4.90 Å². The molecule has 5 nitrogen and oxygen atoms in total. The van der Waals surface area contributed by atoms with Crippen LogP contribution in [0.5, 0.6) is 5.75 Å². The van der Waals surface area contributed by atoms with Gasteiger partial charge < -0.3 is 9.64 Å². The molecule has 5 heteroatoms. The van der Waals surface area contributed by atoms with E-state index in [4.69, 9.17) is 4.74 Å². The molecule has 1 aromatic rings. The largest absolute Gasteiger partial charge is 0.497 e. The topological polar surface area (TPSA) is 55.1 Å². The highest BCUT2D eigenvalue weighted by Gasteiger charge is 2.14. The maximum Gasteiger partial charge on any atom is 0.271 e. The molecule has 0 unspecified atom stereocenters. The molecule has 1 aliphatic rings. The predicted molar refractivity (Wildman–Crippen MR) is 73.7 cm³/mol. The summed E-state index contributed by atoms with van der Waals surface area (Å²) < 4.78 is 5.05. The number of methoxy groups -OCH3 is 1. The van der Waals surface area contributed by atoms with Crippen LogP contribution in [0.3, 0.4) is 0 Å². The summed E-state index contributed by atoms with van der Waals surface area (Å²) in [6.45, 7) is 2.16. The summed E-state index contributed by atoms with van der Waals surface area (Å²) in [6, 6.07) is 6.99. The molecule has 1 heterocycles. The highest BCUT2D eigenvalue weighted by molar-refractivity contribution is 5.95. The number of carbonyl (C=O) groups excluding carboxylic acids is 1. The lowest BCUT2D eigenvalue weighted by Crippen LogP contribution is -3.10. The van der Waals surface area contributed by atoms with Crippen LogP contribution in [-0.4, -0.2) is 38.9 Å². The summed E-state index contributed by atoms with van der Waals surface area (Å²) in [5.74, 6) is 0.558. The molecular weight excluding hydrogens is 242 g/mol. The van der Waals surface area contributed by atoms with Gasteiger partial charge in [-0.3, -0.25) is 4.79 Å². The molecule has 2 N–H and O–H groups in total. The van der Waals surface area contributed by atoms with Crippen molar-refractivity contribution in [1.82, 2.24) is 5.43 Å². The van der Waals surface area contributed by atoms with Crippen LogP contribution in [0.2, 0.25) is 0 Å². The first-order chi connectivity index (χ1) is 9.19. The molecule has 1 fully saturated rings. The van der Waals surface area contributed by atoms with Gasteiger partial charge in [0.05, 0.1) is 27.2 Å². The molecule has 0 aromatic heterocycles. The maximum atomic E-state index is 11.9. The second-order valence-corrected chi connectivity index (χ2v) is 4.80. The van der Waals surface area contributed by atoms with Crippen LogP contribution in [0, 0.1) is 0 Å². The molecule has 0 atom stereocenters. The molecular formula is C14H20N3O2+. The van der Waals surface area contributed by atoms with E-state index in [2.05, 4.69) is 17.6 Å². The SMILES string of the molecule is COc1ccc(C(=O)NN=C2CC[NH+](C)CC2)cc1. The Bertz CT molecular complexity index is 458. The molecule has 19 heavy (non-hydrogen) atoms. The van der Waals surface area contributed by atoms with Gasteiger partial charge in [-0.2, -0.15) is 5.10 Å². The quantitative estimate of drug-likeness (QED) is 0.759. The fourth-order valence-electron chi connectivity index (χ4n) is 2.01. The van der Waals surface area contributed by atoms with Crippen molar-refractivity contribution in [2.24, 2.45) is 5.10 Å². The van der Waals surface area contributed by atoms with Crippen molar-refractivity contribution >= 4 is 11.6 Å². The monoisotopic (exact) mass is 262 g/mol. The molecule has 0 spiro atoms. The number of quaternary nitrogens is 1. The van der Waals surface area contributed by atoms with Gasteiger partial charge in [0.1, 0.15) is 5.75 Å². The van der Waals surface area contributed by atoms with Crippen LogP contribution >= 0.6 is 0 Å². The van der Waals surface area contributed by atoms with E-state index in [-0.39, 0.29) is 5.91 Å². The molecule has 1 aliphatic heterocycles. The van der Waals surface area contributed by atoms with Gasteiger partial charge in [0, 0.05) is 24.1 Å². The third-order valence-electron chi connectivity index (χ3n) is 3.35. The average molecular weight is 262 g/mol. The molecule has 0 bridgehead atoms. The Hall–Kier alpha value is -1.88. The highest BCUT2D eigenvalue weighted by atomic mass is 16.5. The van der Waals surface area contributed by atoms with E-state index >= 15 is 0 Å². The van der Waals surface area contributed by atoms with Gasteiger partial charge in [-0.05, 0) is 24.3 Å². The summed E-state index contributed by atoms with van der Waals surface area (Å²) in [4.78, 5) is 13.4. The molecule has 2 rings (SSSR count). The minimum Gasteiger partial charge on any atom is -0.497 e. The summed E-state index contributed by atoms with van der Waals surface area (Å²) in [6.07, 6.45) is 1.91. The minimum atomic E-state index is -0.179. The Labute approximate surface area is 113 Å². The Morgan fingerprint density at radius 1 is 1.26 bits per heavy atom. The number of hydrogen-bond donors (Lipinski definition) is 2. The first kappa shape index (κ1) is 13.5. The number of ether oxygens (including phenoxy) is 1. The fraction of sp³-hybridized carbons (Fsp3) is 0.429. The maximum absolute atomic E-state index is 11.9. The number of benzene rings is 1. The van der Waals surface area contributed by atoms with Gasteiger partial charge >= 0.3 is 0 Å². The summed E-state index contributed by atoms with van der Waals surface area (Å²) >= 11 is 0. The zero-order valence-electron chi connectivity index (χ0n) is 11.4. The molecule has 0 saturated carbocycles. The van der Waals surface area contributed by atoms with Crippen molar-refractivity contribution in [3.63, 3.8) is 0 Å². The average Bonchev–Trinajstić information content (AvgIpc) is 2.46. The first-order valence-corrected chi connectivity index (χ1v) is 6.50. The first-order valence-electron chi connectivity index (χ1n) is 6.50. The van der Waals surface area contributed by atoms with E-state index in [0.29, 0.717) is 5.56 Å². The Kier molecular flexibility index (Phi) is 4.52. The highest BCUT2D eigenvalue weighted by Crippen LogP contribution is 2.11. The van der Waals surface area contributed by atoms with Crippen molar-refractivity contribution < 1.29 is 14.4 Å². The van der Waals surface area contributed by atoms with Gasteiger partial charge in [0.25, 0.3) is 5.91 Å². The van der Waals surface area contributed by atoms with E-state index in [1.54, 1.807) is 31.4 Å². The van der Waals surface area contributed by atoms with Gasteiger partial charge in [-0.1, -0.05) is 0 Å². The van der Waals surface area contributed by atoms with Crippen LogP contribution in [0.15, 0.2) is 29.4 Å². The number of amides is 1. The predicted octanol–water partition coefficient (Wildman–Crippen LogP) is 0.0895. The fourth-order valence-corrected chi connectivity index (χ4v) is 2.01. The third-order valence-corrected chi connectivity index (χ3v) is 3.35. The molecule has 1 saturated heterocycles. The number of likely N-dealkylation sites (tertiary alicyclic amines) is 1. The lowest BCUT2D eigenvalue weighted by Gasteiger charge is -2.20. The number of hydrogen-bond acceptors (Lipinski definition) is 3. The molecule has 102 valence electrons. The minimum absolute atomic E-state index is 0.179. The van der Waals surface area contributed by atoms with E-state index in [9.17, 15) is 4.79 Å².